The maximum atomic E-state index is 11.1. The normalized spacial score (nSPS) is 13.1. The van der Waals surface area contributed by atoms with Gasteiger partial charge in [-0.25, -0.2) is 8.42 Å². The molecule has 0 radical (unpaired) electrons. The maximum absolute atomic E-state index is 11.1. The smallest absolute Gasteiger partial charge is 0.175 e. The second kappa shape index (κ2) is 4.43. The van der Waals surface area contributed by atoms with E-state index >= 15 is 0 Å². The molecule has 0 heterocycles. The van der Waals surface area contributed by atoms with Gasteiger partial charge >= 0.3 is 0 Å². The number of hydrogen-bond acceptors (Lipinski definition) is 4. The molecule has 0 aliphatic rings. The molecule has 0 spiro atoms. The number of nitrogens with zero attached hydrogens (tertiary/aromatic N) is 1. The van der Waals surface area contributed by atoms with Gasteiger partial charge in [0, 0.05) is 12.7 Å². The van der Waals surface area contributed by atoms with Crippen molar-refractivity contribution < 1.29 is 8.42 Å². The first-order chi connectivity index (χ1) is 6.93. The fraction of sp³-hybridized carbons (Fsp3) is 0.300. The molecule has 4 nitrogen and oxygen atoms in total. The molecule has 0 fully saturated rings. The molecule has 80 valence electrons. The predicted octanol–water partition coefficient (Wildman–Crippen LogP) is 0.483. The molecule has 15 heavy (non-hydrogen) atoms. The second-order valence-electron chi connectivity index (χ2n) is 3.36. The first kappa shape index (κ1) is 11.7. The standard InChI is InChI=1S/C10H12N2O2S/c1-15(13,14)10-4-2-8(3-5-10)6-9(12)7-11/h2-5,9H,6,12H2,1H3/t9-/m0/s1. The van der Waals surface area contributed by atoms with Crippen LogP contribution >= 0.6 is 0 Å². The zero-order chi connectivity index (χ0) is 11.5. The molecular weight excluding hydrogens is 212 g/mol. The van der Waals surface area contributed by atoms with Crippen molar-refractivity contribution >= 4 is 9.84 Å². The second-order valence-corrected chi connectivity index (χ2v) is 5.37. The fourth-order valence-electron chi connectivity index (χ4n) is 1.17. The van der Waals surface area contributed by atoms with E-state index in [0.29, 0.717) is 6.42 Å². The van der Waals surface area contributed by atoms with Crippen molar-refractivity contribution in [2.75, 3.05) is 6.26 Å². The van der Waals surface area contributed by atoms with E-state index in [1.54, 1.807) is 12.1 Å². The molecule has 5 heteroatoms. The Morgan fingerprint density at radius 2 is 1.93 bits per heavy atom. The van der Waals surface area contributed by atoms with Crippen LogP contribution in [0, 0.1) is 11.3 Å². The molecule has 1 atom stereocenters. The van der Waals surface area contributed by atoms with Crippen LogP contribution in [0.5, 0.6) is 0 Å². The van der Waals surface area contributed by atoms with E-state index in [4.69, 9.17) is 11.0 Å². The van der Waals surface area contributed by atoms with Crippen LogP contribution in [0.4, 0.5) is 0 Å². The van der Waals surface area contributed by atoms with Crippen LogP contribution in [0.25, 0.3) is 0 Å². The highest BCUT2D eigenvalue weighted by molar-refractivity contribution is 7.90. The number of nitrogens with two attached hydrogens (primary N) is 1. The summed E-state index contributed by atoms with van der Waals surface area (Å²) in [6.07, 6.45) is 1.59. The zero-order valence-electron chi connectivity index (χ0n) is 8.34. The molecule has 0 unspecified atom stereocenters. The van der Waals surface area contributed by atoms with Crippen molar-refractivity contribution in [3.63, 3.8) is 0 Å². The Kier molecular flexibility index (Phi) is 3.45. The first-order valence-corrected chi connectivity index (χ1v) is 6.27. The quantitative estimate of drug-likeness (QED) is 0.809. The average molecular weight is 224 g/mol. The van der Waals surface area contributed by atoms with Gasteiger partial charge in [0.15, 0.2) is 9.84 Å². The molecular formula is C10H12N2O2S. The highest BCUT2D eigenvalue weighted by Gasteiger charge is 2.07. The van der Waals surface area contributed by atoms with E-state index in [1.165, 1.54) is 12.1 Å². The molecule has 0 aromatic heterocycles. The van der Waals surface area contributed by atoms with Crippen LogP contribution in [-0.4, -0.2) is 20.7 Å². The van der Waals surface area contributed by atoms with E-state index in [0.717, 1.165) is 11.8 Å². The van der Waals surface area contributed by atoms with Gasteiger partial charge in [-0.2, -0.15) is 5.26 Å². The first-order valence-electron chi connectivity index (χ1n) is 4.37. The molecule has 2 N–H and O–H groups in total. The van der Waals surface area contributed by atoms with Crippen LogP contribution in [-0.2, 0) is 16.3 Å². The van der Waals surface area contributed by atoms with Crippen molar-refractivity contribution in [2.24, 2.45) is 5.73 Å². The van der Waals surface area contributed by atoms with Crippen LogP contribution in [0.1, 0.15) is 5.56 Å². The third-order valence-corrected chi connectivity index (χ3v) is 3.10. The molecule has 1 aromatic rings. The van der Waals surface area contributed by atoms with Gasteiger partial charge in [0.1, 0.15) is 0 Å². The van der Waals surface area contributed by atoms with Crippen LogP contribution in [0.2, 0.25) is 0 Å². The van der Waals surface area contributed by atoms with Gasteiger partial charge in [-0.05, 0) is 17.7 Å². The summed E-state index contributed by atoms with van der Waals surface area (Å²) in [6.45, 7) is 0. The Labute approximate surface area is 89.2 Å². The Bertz CT molecular complexity index is 471. The van der Waals surface area contributed by atoms with E-state index < -0.39 is 15.9 Å². The molecule has 0 bridgehead atoms. The largest absolute Gasteiger partial charge is 0.316 e. The van der Waals surface area contributed by atoms with Gasteiger partial charge in [-0.3, -0.25) is 0 Å². The zero-order valence-corrected chi connectivity index (χ0v) is 9.16. The third-order valence-electron chi connectivity index (χ3n) is 1.97. The summed E-state index contributed by atoms with van der Waals surface area (Å²) < 4.78 is 22.3. The third kappa shape index (κ3) is 3.35. The minimum absolute atomic E-state index is 0.275. The Morgan fingerprint density at radius 3 is 2.33 bits per heavy atom. The van der Waals surface area contributed by atoms with E-state index in [2.05, 4.69) is 0 Å². The highest BCUT2D eigenvalue weighted by Crippen LogP contribution is 2.11. The minimum atomic E-state index is -3.15. The molecule has 0 aliphatic carbocycles. The minimum Gasteiger partial charge on any atom is -0.316 e. The lowest BCUT2D eigenvalue weighted by atomic mass is 10.1. The highest BCUT2D eigenvalue weighted by atomic mass is 32.2. The van der Waals surface area contributed by atoms with Gasteiger partial charge in [-0.1, -0.05) is 12.1 Å². The van der Waals surface area contributed by atoms with Gasteiger partial charge < -0.3 is 5.73 Å². The number of hydrogen-bond donors (Lipinski definition) is 1. The van der Waals surface area contributed by atoms with Crippen LogP contribution in [0.3, 0.4) is 0 Å². The average Bonchev–Trinajstić information content (AvgIpc) is 2.17. The number of rotatable bonds is 3. The molecule has 0 aliphatic heterocycles. The summed E-state index contributed by atoms with van der Waals surface area (Å²) in [5.74, 6) is 0. The summed E-state index contributed by atoms with van der Waals surface area (Å²) in [7, 11) is -3.15. The van der Waals surface area contributed by atoms with Gasteiger partial charge in [-0.15, -0.1) is 0 Å². The number of sulfone groups is 1. The van der Waals surface area contributed by atoms with Crippen molar-refractivity contribution in [3.05, 3.63) is 29.8 Å². The van der Waals surface area contributed by atoms with E-state index in [1.807, 2.05) is 6.07 Å². The molecule has 0 saturated heterocycles. The van der Waals surface area contributed by atoms with E-state index in [-0.39, 0.29) is 4.90 Å². The summed E-state index contributed by atoms with van der Waals surface area (Å²) >= 11 is 0. The topological polar surface area (TPSA) is 83.9 Å². The fourth-order valence-corrected chi connectivity index (χ4v) is 1.80. The summed E-state index contributed by atoms with van der Waals surface area (Å²) in [5.41, 5.74) is 6.31. The van der Waals surface area contributed by atoms with Gasteiger partial charge in [0.25, 0.3) is 0 Å². The molecule has 0 amide bonds. The van der Waals surface area contributed by atoms with Crippen LogP contribution in [0.15, 0.2) is 29.2 Å². The lowest BCUT2D eigenvalue weighted by Gasteiger charge is -2.03. The van der Waals surface area contributed by atoms with E-state index in [9.17, 15) is 8.42 Å². The summed E-state index contributed by atoms with van der Waals surface area (Å²) in [4.78, 5) is 0.275. The Morgan fingerprint density at radius 1 is 1.40 bits per heavy atom. The van der Waals surface area contributed by atoms with Crippen molar-refractivity contribution in [1.82, 2.24) is 0 Å². The van der Waals surface area contributed by atoms with Crippen molar-refractivity contribution in [2.45, 2.75) is 17.4 Å². The maximum Gasteiger partial charge on any atom is 0.175 e. The lowest BCUT2D eigenvalue weighted by Crippen LogP contribution is -2.20. The van der Waals surface area contributed by atoms with Crippen molar-refractivity contribution in [3.8, 4) is 6.07 Å². The van der Waals surface area contributed by atoms with Gasteiger partial charge in [0.05, 0.1) is 17.0 Å². The molecule has 1 rings (SSSR count). The summed E-state index contributed by atoms with van der Waals surface area (Å²) in [6, 6.07) is 7.76. The SMILES string of the molecule is CS(=O)(=O)c1ccc(C[C@H](N)C#N)cc1. The monoisotopic (exact) mass is 224 g/mol. The lowest BCUT2D eigenvalue weighted by molar-refractivity contribution is 0.602. The predicted molar refractivity (Wildman–Crippen MR) is 56.8 cm³/mol. The Balaban J connectivity index is 2.88. The van der Waals surface area contributed by atoms with Crippen LogP contribution < -0.4 is 5.73 Å². The van der Waals surface area contributed by atoms with Crippen molar-refractivity contribution in [1.29, 1.82) is 5.26 Å². The Hall–Kier alpha value is -1.38. The van der Waals surface area contributed by atoms with Gasteiger partial charge in [0.2, 0.25) is 0 Å². The molecule has 0 saturated carbocycles. The summed E-state index contributed by atoms with van der Waals surface area (Å²) in [5, 5.41) is 8.51. The number of nitriles is 1. The molecule has 1 aromatic carbocycles. The number of benzene rings is 1.